The van der Waals surface area contributed by atoms with Crippen LogP contribution in [-0.4, -0.2) is 50.6 Å². The molecule has 0 saturated carbocycles. The van der Waals surface area contributed by atoms with Gasteiger partial charge in [0.1, 0.15) is 0 Å². The topological polar surface area (TPSA) is 30.9 Å². The molecule has 1 fully saturated rings. The standard InChI is InChI=1S/C15H19ClF3NO3/c1-3-22-13-6-10(11(16)7-12(13)21-2)8-20-4-5-23-14(9-20)15(17,18)19/h6-7,14H,3-5,8-9H2,1-2H3. The van der Waals surface area contributed by atoms with Crippen molar-refractivity contribution in [3.05, 3.63) is 22.7 Å². The quantitative estimate of drug-likeness (QED) is 0.810. The lowest BCUT2D eigenvalue weighted by Crippen LogP contribution is -2.48. The molecule has 23 heavy (non-hydrogen) atoms. The molecule has 0 spiro atoms. The maximum absolute atomic E-state index is 12.8. The normalized spacial score (nSPS) is 19.7. The van der Waals surface area contributed by atoms with Crippen LogP contribution in [0.5, 0.6) is 11.5 Å². The summed E-state index contributed by atoms with van der Waals surface area (Å²) in [7, 11) is 1.50. The predicted octanol–water partition coefficient (Wildman–Crippen LogP) is 3.51. The number of benzene rings is 1. The van der Waals surface area contributed by atoms with Crippen LogP contribution in [0.2, 0.25) is 5.02 Å². The molecule has 130 valence electrons. The van der Waals surface area contributed by atoms with Gasteiger partial charge in [-0.25, -0.2) is 0 Å². The summed E-state index contributed by atoms with van der Waals surface area (Å²) in [5, 5.41) is 0.431. The maximum Gasteiger partial charge on any atom is 0.415 e. The second-order valence-electron chi connectivity index (χ2n) is 5.16. The van der Waals surface area contributed by atoms with Crippen molar-refractivity contribution >= 4 is 11.6 Å². The van der Waals surface area contributed by atoms with E-state index in [1.807, 2.05) is 6.92 Å². The van der Waals surface area contributed by atoms with Crippen LogP contribution in [0, 0.1) is 0 Å². The van der Waals surface area contributed by atoms with E-state index in [9.17, 15) is 13.2 Å². The molecule has 8 heteroatoms. The Bertz CT molecular complexity index is 539. The molecule has 0 aromatic heterocycles. The van der Waals surface area contributed by atoms with Gasteiger partial charge in [-0.1, -0.05) is 11.6 Å². The highest BCUT2D eigenvalue weighted by atomic mass is 35.5. The second kappa shape index (κ2) is 7.59. The highest BCUT2D eigenvalue weighted by Crippen LogP contribution is 2.34. The van der Waals surface area contributed by atoms with Crippen LogP contribution in [0.15, 0.2) is 12.1 Å². The number of hydrogen-bond donors (Lipinski definition) is 0. The molecule has 1 aromatic carbocycles. The van der Waals surface area contributed by atoms with Crippen molar-refractivity contribution in [2.75, 3.05) is 33.4 Å². The van der Waals surface area contributed by atoms with Gasteiger partial charge in [0.15, 0.2) is 17.6 Å². The summed E-state index contributed by atoms with van der Waals surface area (Å²) in [6.45, 7) is 2.82. The maximum atomic E-state index is 12.8. The number of ether oxygens (including phenoxy) is 3. The Morgan fingerprint density at radius 1 is 1.35 bits per heavy atom. The van der Waals surface area contributed by atoms with E-state index in [4.69, 9.17) is 25.8 Å². The molecule has 0 aliphatic carbocycles. The molecule has 1 aromatic rings. The van der Waals surface area contributed by atoms with Gasteiger partial charge in [-0.2, -0.15) is 13.2 Å². The lowest BCUT2D eigenvalue weighted by atomic mass is 10.1. The highest BCUT2D eigenvalue weighted by Gasteiger charge is 2.43. The third kappa shape index (κ3) is 4.65. The summed E-state index contributed by atoms with van der Waals surface area (Å²) in [6, 6.07) is 3.33. The van der Waals surface area contributed by atoms with E-state index < -0.39 is 12.3 Å². The number of alkyl halides is 3. The predicted molar refractivity (Wildman–Crippen MR) is 80.2 cm³/mol. The van der Waals surface area contributed by atoms with Crippen LogP contribution in [0.1, 0.15) is 12.5 Å². The van der Waals surface area contributed by atoms with Crippen molar-refractivity contribution in [3.8, 4) is 11.5 Å². The van der Waals surface area contributed by atoms with E-state index in [1.165, 1.54) is 7.11 Å². The number of methoxy groups -OCH3 is 1. The third-order valence-electron chi connectivity index (χ3n) is 3.54. The van der Waals surface area contributed by atoms with Crippen LogP contribution in [-0.2, 0) is 11.3 Å². The summed E-state index contributed by atoms with van der Waals surface area (Å²) < 4.78 is 53.8. The van der Waals surface area contributed by atoms with Crippen molar-refractivity contribution < 1.29 is 27.4 Å². The number of rotatable bonds is 5. The van der Waals surface area contributed by atoms with Crippen LogP contribution in [0.3, 0.4) is 0 Å². The number of morpholine rings is 1. The van der Waals surface area contributed by atoms with E-state index in [-0.39, 0.29) is 13.2 Å². The van der Waals surface area contributed by atoms with Crippen molar-refractivity contribution in [2.24, 2.45) is 0 Å². The Morgan fingerprint density at radius 2 is 2.09 bits per heavy atom. The fourth-order valence-electron chi connectivity index (χ4n) is 2.41. The van der Waals surface area contributed by atoms with Gasteiger partial charge < -0.3 is 14.2 Å². The fourth-order valence-corrected chi connectivity index (χ4v) is 2.62. The first-order chi connectivity index (χ1) is 10.8. The summed E-state index contributed by atoms with van der Waals surface area (Å²) in [4.78, 5) is 1.67. The van der Waals surface area contributed by atoms with Crippen LogP contribution in [0.4, 0.5) is 13.2 Å². The lowest BCUT2D eigenvalue weighted by Gasteiger charge is -2.34. The Morgan fingerprint density at radius 3 is 2.70 bits per heavy atom. The fraction of sp³-hybridized carbons (Fsp3) is 0.600. The first-order valence-corrected chi connectivity index (χ1v) is 7.62. The molecule has 1 aliphatic heterocycles. The van der Waals surface area contributed by atoms with Crippen LogP contribution < -0.4 is 9.47 Å². The number of hydrogen-bond acceptors (Lipinski definition) is 4. The molecule has 0 N–H and O–H groups in total. The molecular formula is C15H19ClF3NO3. The average molecular weight is 354 g/mol. The SMILES string of the molecule is CCOc1cc(CN2CCOC(C(F)(F)F)C2)c(Cl)cc1OC. The zero-order chi connectivity index (χ0) is 17.0. The molecule has 0 radical (unpaired) electrons. The molecule has 0 bridgehead atoms. The van der Waals surface area contributed by atoms with E-state index in [0.29, 0.717) is 41.8 Å². The van der Waals surface area contributed by atoms with E-state index >= 15 is 0 Å². The first kappa shape index (κ1) is 18.2. The summed E-state index contributed by atoms with van der Waals surface area (Å²) in [5.74, 6) is 1.02. The van der Waals surface area contributed by atoms with Crippen LogP contribution >= 0.6 is 11.6 Å². The number of nitrogens with zero attached hydrogens (tertiary/aromatic N) is 1. The van der Waals surface area contributed by atoms with Crippen LogP contribution in [0.25, 0.3) is 0 Å². The minimum absolute atomic E-state index is 0.0380. The van der Waals surface area contributed by atoms with Crippen molar-refractivity contribution in [1.82, 2.24) is 4.90 Å². The van der Waals surface area contributed by atoms with Gasteiger partial charge in [-0.05, 0) is 18.6 Å². The molecule has 4 nitrogen and oxygen atoms in total. The van der Waals surface area contributed by atoms with Crippen molar-refractivity contribution in [2.45, 2.75) is 25.7 Å². The minimum Gasteiger partial charge on any atom is -0.493 e. The van der Waals surface area contributed by atoms with Crippen molar-refractivity contribution in [3.63, 3.8) is 0 Å². The van der Waals surface area contributed by atoms with E-state index in [2.05, 4.69) is 0 Å². The molecular weight excluding hydrogens is 335 g/mol. The Hall–Kier alpha value is -1.18. The second-order valence-corrected chi connectivity index (χ2v) is 5.57. The zero-order valence-electron chi connectivity index (χ0n) is 13.0. The molecule has 1 unspecified atom stereocenters. The Labute approximate surface area is 138 Å². The average Bonchev–Trinajstić information content (AvgIpc) is 2.50. The van der Waals surface area contributed by atoms with Gasteiger partial charge in [0.05, 0.1) is 20.3 Å². The van der Waals surface area contributed by atoms with E-state index in [1.54, 1.807) is 17.0 Å². The lowest BCUT2D eigenvalue weighted by molar-refractivity contribution is -0.237. The molecule has 1 atom stereocenters. The number of halogens is 4. The van der Waals surface area contributed by atoms with Crippen molar-refractivity contribution in [1.29, 1.82) is 0 Å². The first-order valence-electron chi connectivity index (χ1n) is 7.25. The van der Waals surface area contributed by atoms with Gasteiger partial charge in [0.2, 0.25) is 0 Å². The largest absolute Gasteiger partial charge is 0.493 e. The molecule has 1 saturated heterocycles. The third-order valence-corrected chi connectivity index (χ3v) is 3.89. The summed E-state index contributed by atoms with van der Waals surface area (Å²) in [6.07, 6.45) is -6.13. The Kier molecular flexibility index (Phi) is 6.00. The minimum atomic E-state index is -4.36. The zero-order valence-corrected chi connectivity index (χ0v) is 13.7. The van der Waals surface area contributed by atoms with Gasteiger partial charge in [-0.15, -0.1) is 0 Å². The molecule has 1 aliphatic rings. The van der Waals surface area contributed by atoms with Gasteiger partial charge >= 0.3 is 6.18 Å². The van der Waals surface area contributed by atoms with E-state index in [0.717, 1.165) is 0 Å². The molecule has 2 rings (SSSR count). The summed E-state index contributed by atoms with van der Waals surface area (Å²) >= 11 is 6.21. The van der Waals surface area contributed by atoms with Gasteiger partial charge in [0.25, 0.3) is 0 Å². The summed E-state index contributed by atoms with van der Waals surface area (Å²) in [5.41, 5.74) is 0.693. The van der Waals surface area contributed by atoms with Gasteiger partial charge in [-0.3, -0.25) is 4.90 Å². The molecule has 0 amide bonds. The monoisotopic (exact) mass is 353 g/mol. The highest BCUT2D eigenvalue weighted by molar-refractivity contribution is 6.31. The van der Waals surface area contributed by atoms with Gasteiger partial charge in [0, 0.05) is 30.7 Å². The molecule has 1 heterocycles. The Balaban J connectivity index is 2.14. The smallest absolute Gasteiger partial charge is 0.415 e.